The van der Waals surface area contributed by atoms with E-state index in [0.717, 1.165) is 16.4 Å². The highest BCUT2D eigenvalue weighted by molar-refractivity contribution is 7.89. The Kier molecular flexibility index (Phi) is 7.47. The lowest BCUT2D eigenvalue weighted by Gasteiger charge is -2.34. The molecule has 2 aromatic carbocycles. The molecule has 1 unspecified atom stereocenters. The fourth-order valence-corrected chi connectivity index (χ4v) is 5.37. The van der Waals surface area contributed by atoms with Gasteiger partial charge >= 0.3 is 5.97 Å². The van der Waals surface area contributed by atoms with Crippen LogP contribution in [0.4, 0.5) is 4.39 Å². The van der Waals surface area contributed by atoms with Gasteiger partial charge in [-0.2, -0.15) is 4.31 Å². The van der Waals surface area contributed by atoms with Gasteiger partial charge in [0.2, 0.25) is 15.9 Å². The molecule has 0 aliphatic carbocycles. The molecule has 1 heterocycles. The molecule has 1 fully saturated rings. The molecule has 8 nitrogen and oxygen atoms in total. The summed E-state index contributed by atoms with van der Waals surface area (Å²) in [6, 6.07) is 9.05. The van der Waals surface area contributed by atoms with Crippen molar-refractivity contribution in [1.29, 1.82) is 0 Å². The van der Waals surface area contributed by atoms with Crippen molar-refractivity contribution in [3.63, 3.8) is 0 Å². The number of carboxylic acid groups (broad SMARTS) is 1. The first-order valence-electron chi connectivity index (χ1n) is 10.2. The van der Waals surface area contributed by atoms with Crippen molar-refractivity contribution in [1.82, 2.24) is 9.62 Å². The number of methoxy groups -OCH3 is 1. The van der Waals surface area contributed by atoms with E-state index in [0.29, 0.717) is 24.2 Å². The molecule has 1 aliphatic heterocycles. The lowest BCUT2D eigenvalue weighted by atomic mass is 10.0. The SMILES string of the molecule is COc1ccc(CC(NC(=O)[C@@H]2CCCCN2S(=O)(=O)c2cccc(F)c2)C(=O)O)cc1. The maximum absolute atomic E-state index is 13.6. The summed E-state index contributed by atoms with van der Waals surface area (Å²) in [5.41, 5.74) is 0.673. The molecule has 1 saturated heterocycles. The molecule has 1 aliphatic rings. The number of halogens is 1. The van der Waals surface area contributed by atoms with Gasteiger partial charge in [0.15, 0.2) is 0 Å². The molecule has 172 valence electrons. The monoisotopic (exact) mass is 464 g/mol. The van der Waals surface area contributed by atoms with Crippen molar-refractivity contribution in [3.8, 4) is 5.75 Å². The second-order valence-electron chi connectivity index (χ2n) is 7.54. The summed E-state index contributed by atoms with van der Waals surface area (Å²) in [6.07, 6.45) is 1.43. The van der Waals surface area contributed by atoms with Gasteiger partial charge in [-0.3, -0.25) is 4.79 Å². The summed E-state index contributed by atoms with van der Waals surface area (Å²) in [5, 5.41) is 12.1. The topological polar surface area (TPSA) is 113 Å². The third kappa shape index (κ3) is 5.43. The molecule has 1 amide bonds. The minimum absolute atomic E-state index is 0.0223. The standard InChI is InChI=1S/C22H25FN2O6S/c1-31-17-10-8-15(9-11-17)13-19(22(27)28)24-21(26)20-7-2-3-12-25(20)32(29,30)18-6-4-5-16(23)14-18/h4-6,8-11,14,19-20H,2-3,7,12-13H2,1H3,(H,24,26)(H,27,28)/t19?,20-/m0/s1. The van der Waals surface area contributed by atoms with E-state index in [4.69, 9.17) is 4.74 Å². The normalized spacial score (nSPS) is 18.0. The largest absolute Gasteiger partial charge is 0.497 e. The van der Waals surface area contributed by atoms with Gasteiger partial charge in [-0.1, -0.05) is 24.6 Å². The summed E-state index contributed by atoms with van der Waals surface area (Å²) < 4.78 is 45.9. The first kappa shape index (κ1) is 23.7. The van der Waals surface area contributed by atoms with Crippen molar-refractivity contribution in [2.75, 3.05) is 13.7 Å². The number of rotatable bonds is 8. The van der Waals surface area contributed by atoms with Crippen LogP contribution in [0, 0.1) is 5.82 Å². The lowest BCUT2D eigenvalue weighted by Crippen LogP contribution is -2.55. The van der Waals surface area contributed by atoms with Gasteiger partial charge in [0.1, 0.15) is 23.7 Å². The van der Waals surface area contributed by atoms with Gasteiger partial charge < -0.3 is 15.2 Å². The zero-order chi connectivity index (χ0) is 23.3. The van der Waals surface area contributed by atoms with Crippen LogP contribution in [0.25, 0.3) is 0 Å². The Hall–Kier alpha value is -2.98. The van der Waals surface area contributed by atoms with Crippen molar-refractivity contribution in [2.24, 2.45) is 0 Å². The molecule has 0 aromatic heterocycles. The van der Waals surface area contributed by atoms with Crippen LogP contribution in [0.5, 0.6) is 5.75 Å². The van der Waals surface area contributed by atoms with Gasteiger partial charge in [-0.05, 0) is 48.7 Å². The number of nitrogens with zero attached hydrogens (tertiary/aromatic N) is 1. The number of carbonyl (C=O) groups excluding carboxylic acids is 1. The second kappa shape index (κ2) is 10.1. The Balaban J connectivity index is 1.78. The van der Waals surface area contributed by atoms with Gasteiger partial charge in [0, 0.05) is 13.0 Å². The Bertz CT molecular complexity index is 1070. The van der Waals surface area contributed by atoms with E-state index in [-0.39, 0.29) is 24.3 Å². The average molecular weight is 465 g/mol. The second-order valence-corrected chi connectivity index (χ2v) is 9.43. The van der Waals surface area contributed by atoms with Crippen LogP contribution in [-0.4, -0.2) is 55.4 Å². The van der Waals surface area contributed by atoms with Crippen LogP contribution in [0.3, 0.4) is 0 Å². The highest BCUT2D eigenvalue weighted by atomic mass is 32.2. The number of ether oxygens (including phenoxy) is 1. The molecule has 0 spiro atoms. The number of aliphatic carboxylic acids is 1. The van der Waals surface area contributed by atoms with E-state index in [1.165, 1.54) is 19.2 Å². The third-order valence-corrected chi connectivity index (χ3v) is 7.28. The summed E-state index contributed by atoms with van der Waals surface area (Å²) in [4.78, 5) is 24.5. The highest BCUT2D eigenvalue weighted by Crippen LogP contribution is 2.26. The van der Waals surface area contributed by atoms with E-state index in [9.17, 15) is 27.5 Å². The van der Waals surface area contributed by atoms with E-state index in [2.05, 4.69) is 5.32 Å². The van der Waals surface area contributed by atoms with Gasteiger partial charge in [-0.15, -0.1) is 0 Å². The summed E-state index contributed by atoms with van der Waals surface area (Å²) in [6.45, 7) is 0.0904. The van der Waals surface area contributed by atoms with Crippen molar-refractivity contribution < 1.29 is 32.2 Å². The number of piperidine rings is 1. The molecule has 0 saturated carbocycles. The zero-order valence-electron chi connectivity index (χ0n) is 17.5. The first-order valence-corrected chi connectivity index (χ1v) is 11.6. The molecular formula is C22H25FN2O6S. The van der Waals surface area contributed by atoms with Crippen molar-refractivity contribution in [2.45, 2.75) is 42.7 Å². The fraction of sp³-hybridized carbons (Fsp3) is 0.364. The van der Waals surface area contributed by atoms with Crippen LogP contribution in [0.15, 0.2) is 53.4 Å². The number of carboxylic acids is 1. The quantitative estimate of drug-likeness (QED) is 0.619. The molecule has 10 heteroatoms. The summed E-state index contributed by atoms with van der Waals surface area (Å²) in [7, 11) is -2.61. The smallest absolute Gasteiger partial charge is 0.326 e. The minimum Gasteiger partial charge on any atom is -0.497 e. The van der Waals surface area contributed by atoms with Crippen LogP contribution < -0.4 is 10.1 Å². The van der Waals surface area contributed by atoms with Crippen molar-refractivity contribution in [3.05, 3.63) is 59.9 Å². The molecule has 0 radical (unpaired) electrons. The third-order valence-electron chi connectivity index (χ3n) is 5.37. The number of benzene rings is 2. The van der Waals surface area contributed by atoms with Crippen LogP contribution in [-0.2, 0) is 26.0 Å². The summed E-state index contributed by atoms with van der Waals surface area (Å²) >= 11 is 0. The van der Waals surface area contributed by atoms with E-state index in [1.54, 1.807) is 24.3 Å². The van der Waals surface area contributed by atoms with Gasteiger partial charge in [0.25, 0.3) is 0 Å². The lowest BCUT2D eigenvalue weighted by molar-refractivity contribution is -0.142. The number of nitrogens with one attached hydrogen (secondary N) is 1. The Morgan fingerprint density at radius 1 is 1.22 bits per heavy atom. The van der Waals surface area contributed by atoms with Crippen molar-refractivity contribution >= 4 is 21.9 Å². The zero-order valence-corrected chi connectivity index (χ0v) is 18.3. The number of amides is 1. The molecular weight excluding hydrogens is 439 g/mol. The van der Waals surface area contributed by atoms with Crippen LogP contribution >= 0.6 is 0 Å². The first-order chi connectivity index (χ1) is 15.2. The molecule has 3 rings (SSSR count). The molecule has 0 bridgehead atoms. The van der Waals surface area contributed by atoms with Crippen LogP contribution in [0.1, 0.15) is 24.8 Å². The Morgan fingerprint density at radius 2 is 1.94 bits per heavy atom. The molecule has 2 aromatic rings. The highest BCUT2D eigenvalue weighted by Gasteiger charge is 2.39. The molecule has 2 N–H and O–H groups in total. The van der Waals surface area contributed by atoms with Gasteiger partial charge in [0.05, 0.1) is 12.0 Å². The summed E-state index contributed by atoms with van der Waals surface area (Å²) in [5.74, 6) is -2.00. The van der Waals surface area contributed by atoms with E-state index in [1.807, 2.05) is 0 Å². The maximum atomic E-state index is 13.6. The predicted octanol–water partition coefficient (Wildman–Crippen LogP) is 2.19. The fourth-order valence-electron chi connectivity index (χ4n) is 3.68. The maximum Gasteiger partial charge on any atom is 0.326 e. The number of hydrogen-bond donors (Lipinski definition) is 2. The minimum atomic E-state index is -4.13. The average Bonchev–Trinajstić information content (AvgIpc) is 2.79. The number of carbonyl (C=O) groups is 2. The number of hydrogen-bond acceptors (Lipinski definition) is 5. The Morgan fingerprint density at radius 3 is 2.56 bits per heavy atom. The Labute approximate surface area is 186 Å². The van der Waals surface area contributed by atoms with E-state index < -0.39 is 39.8 Å². The predicted molar refractivity (Wildman–Crippen MR) is 114 cm³/mol. The van der Waals surface area contributed by atoms with Crippen LogP contribution in [0.2, 0.25) is 0 Å². The number of sulfonamides is 1. The van der Waals surface area contributed by atoms with Gasteiger partial charge in [-0.25, -0.2) is 17.6 Å². The van der Waals surface area contributed by atoms with E-state index >= 15 is 0 Å². The molecule has 32 heavy (non-hydrogen) atoms. The molecule has 2 atom stereocenters.